The van der Waals surface area contributed by atoms with Gasteiger partial charge in [0.15, 0.2) is 0 Å². The molecule has 134 valence electrons. The third-order valence-electron chi connectivity index (χ3n) is 3.55. The number of fused-ring (bicyclic) bond motifs is 1. The highest BCUT2D eigenvalue weighted by atomic mass is 32.2. The van der Waals surface area contributed by atoms with Crippen LogP contribution in [0.15, 0.2) is 47.4 Å². The van der Waals surface area contributed by atoms with Crippen molar-refractivity contribution in [2.75, 3.05) is 10.0 Å². The number of halogens is 3. The van der Waals surface area contributed by atoms with Crippen LogP contribution in [0.4, 0.5) is 24.5 Å². The molecule has 2 aromatic rings. The first-order chi connectivity index (χ1) is 11.8. The Labute approximate surface area is 148 Å². The van der Waals surface area contributed by atoms with E-state index in [-0.39, 0.29) is 6.17 Å². The third-order valence-corrected chi connectivity index (χ3v) is 4.90. The van der Waals surface area contributed by atoms with E-state index < -0.39 is 28.7 Å². The molecule has 2 aromatic carbocycles. The van der Waals surface area contributed by atoms with Crippen LogP contribution < -0.4 is 14.8 Å². The van der Waals surface area contributed by atoms with E-state index in [0.29, 0.717) is 17.0 Å². The molecule has 5 nitrogen and oxygen atoms in total. The summed E-state index contributed by atoms with van der Waals surface area (Å²) in [5.41, 5.74) is -0.0698. The molecule has 0 saturated carbocycles. The molecule has 2 unspecified atom stereocenters. The van der Waals surface area contributed by atoms with Crippen molar-refractivity contribution in [3.8, 4) is 0 Å². The van der Waals surface area contributed by atoms with Gasteiger partial charge in [-0.1, -0.05) is 30.3 Å². The van der Waals surface area contributed by atoms with Crippen LogP contribution in [0.2, 0.25) is 0 Å². The molecule has 10 heteroatoms. The minimum Gasteiger partial charge on any atom is -0.368 e. The van der Waals surface area contributed by atoms with Crippen molar-refractivity contribution in [1.29, 1.82) is 0 Å². The lowest BCUT2D eigenvalue weighted by Gasteiger charge is -2.29. The molecule has 0 aliphatic carbocycles. The Morgan fingerprint density at radius 2 is 1.96 bits per heavy atom. The zero-order valence-electron chi connectivity index (χ0n) is 12.6. The highest BCUT2D eigenvalue weighted by Gasteiger charge is 2.36. The molecule has 1 heterocycles. The summed E-state index contributed by atoms with van der Waals surface area (Å²) in [6.45, 7) is 0. The number of rotatable bonds is 4. The average molecular weight is 389 g/mol. The number of alkyl halides is 3. The summed E-state index contributed by atoms with van der Waals surface area (Å²) < 4.78 is 64.5. The van der Waals surface area contributed by atoms with E-state index in [1.54, 1.807) is 0 Å². The van der Waals surface area contributed by atoms with Gasteiger partial charge in [0.2, 0.25) is 0 Å². The Morgan fingerprint density at radius 3 is 2.60 bits per heavy atom. The predicted octanol–water partition coefficient (Wildman–Crippen LogP) is 3.85. The summed E-state index contributed by atoms with van der Waals surface area (Å²) in [6, 6.07) is 11.7. The second-order valence-corrected chi connectivity index (χ2v) is 6.93. The van der Waals surface area contributed by atoms with Gasteiger partial charge in [-0.25, -0.2) is 8.93 Å². The van der Waals surface area contributed by atoms with Crippen molar-refractivity contribution < 1.29 is 21.9 Å². The molecule has 4 N–H and O–H groups in total. The molecule has 1 aliphatic rings. The van der Waals surface area contributed by atoms with Gasteiger partial charge in [-0.15, -0.1) is 0 Å². The molecule has 3 rings (SSSR count). The molecule has 0 spiro atoms. The van der Waals surface area contributed by atoms with Crippen molar-refractivity contribution in [2.45, 2.75) is 23.7 Å². The molecule has 0 saturated heterocycles. The second-order valence-electron chi connectivity index (χ2n) is 5.35. The zero-order valence-corrected chi connectivity index (χ0v) is 14.3. The fourth-order valence-corrected chi connectivity index (χ4v) is 3.66. The highest BCUT2D eigenvalue weighted by molar-refractivity contribution is 7.97. The first kappa shape index (κ1) is 18.1. The van der Waals surface area contributed by atoms with Crippen molar-refractivity contribution >= 4 is 34.6 Å². The summed E-state index contributed by atoms with van der Waals surface area (Å²) >= 11 is -1.42. The maximum Gasteiger partial charge on any atom is 0.418 e. The van der Waals surface area contributed by atoms with Crippen LogP contribution >= 0.6 is 11.9 Å². The van der Waals surface area contributed by atoms with E-state index in [2.05, 4.69) is 10.0 Å². The fourth-order valence-electron chi connectivity index (χ4n) is 2.48. The lowest BCUT2D eigenvalue weighted by molar-refractivity contribution is -0.136. The molecule has 0 amide bonds. The lowest BCUT2D eigenvalue weighted by atomic mass is 10.1. The molecule has 2 atom stereocenters. The molecule has 0 radical (unpaired) electrons. The van der Waals surface area contributed by atoms with Crippen LogP contribution in [-0.4, -0.2) is 14.9 Å². The van der Waals surface area contributed by atoms with E-state index in [0.717, 1.165) is 11.6 Å². The molecule has 25 heavy (non-hydrogen) atoms. The number of anilines is 2. The van der Waals surface area contributed by atoms with E-state index in [4.69, 9.17) is 4.55 Å². The fraction of sp³-hybridized carbons (Fsp3) is 0.200. The molecule has 1 aliphatic heterocycles. The van der Waals surface area contributed by atoms with Crippen molar-refractivity contribution in [1.82, 2.24) is 4.72 Å². The van der Waals surface area contributed by atoms with Crippen molar-refractivity contribution in [3.05, 3.63) is 53.6 Å². The molecule has 0 fully saturated rings. The number of hydrogen-bond donors (Lipinski definition) is 4. The zero-order chi connectivity index (χ0) is 18.0. The van der Waals surface area contributed by atoms with Gasteiger partial charge in [-0.05, 0) is 29.6 Å². The molecule has 0 bridgehead atoms. The Bertz CT molecular complexity index is 788. The number of benzene rings is 2. The third kappa shape index (κ3) is 4.46. The van der Waals surface area contributed by atoms with E-state index in [1.807, 2.05) is 35.1 Å². The Hall–Kier alpha value is -1.75. The van der Waals surface area contributed by atoms with Gasteiger partial charge < -0.3 is 5.32 Å². The predicted molar refractivity (Wildman–Crippen MR) is 92.4 cm³/mol. The quantitative estimate of drug-likeness (QED) is 0.472. The summed E-state index contributed by atoms with van der Waals surface area (Å²) in [5.74, 6) is 0. The monoisotopic (exact) mass is 389 g/mol. The number of nitrogens with one attached hydrogen (secondary N) is 3. The topological polar surface area (TPSA) is 73.4 Å². The molecule has 0 aromatic heterocycles. The summed E-state index contributed by atoms with van der Waals surface area (Å²) in [6.07, 6.45) is -4.30. The van der Waals surface area contributed by atoms with Gasteiger partial charge in [0, 0.05) is 11.3 Å². The minimum atomic E-state index is -4.65. The van der Waals surface area contributed by atoms with Crippen LogP contribution in [0.1, 0.15) is 11.1 Å². The van der Waals surface area contributed by atoms with Gasteiger partial charge >= 0.3 is 6.18 Å². The smallest absolute Gasteiger partial charge is 0.368 e. The van der Waals surface area contributed by atoms with Gasteiger partial charge in [-0.2, -0.15) is 13.2 Å². The Kier molecular flexibility index (Phi) is 5.23. The number of hydrogen-bond acceptors (Lipinski definition) is 4. The van der Waals surface area contributed by atoms with E-state index in [9.17, 15) is 17.4 Å². The first-order valence-electron chi connectivity index (χ1n) is 7.18. The Balaban J connectivity index is 1.87. The van der Waals surface area contributed by atoms with Crippen LogP contribution in [0, 0.1) is 0 Å². The molecular formula is C15H14F3N3O2S2. The summed E-state index contributed by atoms with van der Waals surface area (Å²) in [7, 11) is 0. The lowest BCUT2D eigenvalue weighted by Crippen LogP contribution is -2.37. The molecular weight excluding hydrogens is 375 g/mol. The normalized spacial score (nSPS) is 18.2. The van der Waals surface area contributed by atoms with Gasteiger partial charge in [-0.3, -0.25) is 9.27 Å². The minimum absolute atomic E-state index is 0.244. The van der Waals surface area contributed by atoms with Crippen molar-refractivity contribution in [3.63, 3.8) is 0 Å². The van der Waals surface area contributed by atoms with E-state index >= 15 is 0 Å². The SMILES string of the molecule is O=S(O)Nc1cc2c(cc1C(F)(F)F)NC(Cc1ccccc1)NS2. The standard InChI is InChI=1S/C15H14F3N3O2S2/c16-15(17,18)10-7-12-13(8-11(10)21-25(22)23)24-20-14(19-12)6-9-4-2-1-3-5-9/h1-5,7-8,14,19-21H,6H2,(H,22,23). The van der Waals surface area contributed by atoms with Crippen LogP contribution in [-0.2, 0) is 23.9 Å². The van der Waals surface area contributed by atoms with Gasteiger partial charge in [0.05, 0.1) is 23.1 Å². The maximum atomic E-state index is 13.2. The second kappa shape index (κ2) is 7.24. The van der Waals surface area contributed by atoms with Gasteiger partial charge in [0.1, 0.15) is 0 Å². The largest absolute Gasteiger partial charge is 0.418 e. The first-order valence-corrected chi connectivity index (χ1v) is 9.11. The van der Waals surface area contributed by atoms with E-state index in [1.165, 1.54) is 18.0 Å². The van der Waals surface area contributed by atoms with Crippen LogP contribution in [0.25, 0.3) is 0 Å². The Morgan fingerprint density at radius 1 is 1.24 bits per heavy atom. The van der Waals surface area contributed by atoms with Crippen molar-refractivity contribution in [2.24, 2.45) is 0 Å². The van der Waals surface area contributed by atoms with Crippen LogP contribution in [0.3, 0.4) is 0 Å². The van der Waals surface area contributed by atoms with Gasteiger partial charge in [0.25, 0.3) is 11.3 Å². The summed E-state index contributed by atoms with van der Waals surface area (Å²) in [5, 5.41) is 3.04. The van der Waals surface area contributed by atoms with Crippen LogP contribution in [0.5, 0.6) is 0 Å². The highest BCUT2D eigenvalue weighted by Crippen LogP contribution is 2.42. The maximum absolute atomic E-state index is 13.2. The average Bonchev–Trinajstić information content (AvgIpc) is 2.54. The summed E-state index contributed by atoms with van der Waals surface area (Å²) in [4.78, 5) is 0.505.